The van der Waals surface area contributed by atoms with Crippen molar-refractivity contribution in [2.24, 2.45) is 11.8 Å². The fourth-order valence-corrected chi connectivity index (χ4v) is 2.70. The van der Waals surface area contributed by atoms with Crippen LogP contribution in [-0.4, -0.2) is 41.1 Å². The second-order valence-corrected chi connectivity index (χ2v) is 7.46. The summed E-state index contributed by atoms with van der Waals surface area (Å²) in [5, 5.41) is 0.931. The van der Waals surface area contributed by atoms with E-state index in [0.717, 1.165) is 10.6 Å². The van der Waals surface area contributed by atoms with Crippen LogP contribution in [0.25, 0.3) is 6.08 Å². The highest BCUT2D eigenvalue weighted by molar-refractivity contribution is 5.98. The van der Waals surface area contributed by atoms with Gasteiger partial charge < -0.3 is 9.47 Å². The molecule has 7 heteroatoms. The van der Waals surface area contributed by atoms with Crippen molar-refractivity contribution < 1.29 is 23.9 Å². The van der Waals surface area contributed by atoms with Gasteiger partial charge in [-0.1, -0.05) is 30.3 Å². The molecule has 1 heterocycles. The molecule has 0 bridgehead atoms. The first-order chi connectivity index (χ1) is 12.7. The molecule has 0 unspecified atom stereocenters. The molecular weight excluding hydrogens is 348 g/mol. The highest BCUT2D eigenvalue weighted by Gasteiger charge is 2.38. The number of amides is 1. The monoisotopic (exact) mass is 374 g/mol. The van der Waals surface area contributed by atoms with Gasteiger partial charge in [-0.05, 0) is 45.3 Å². The van der Waals surface area contributed by atoms with E-state index in [0.29, 0.717) is 6.42 Å². The average Bonchev–Trinajstić information content (AvgIpc) is 2.72. The van der Waals surface area contributed by atoms with Crippen molar-refractivity contribution in [1.82, 2.24) is 5.01 Å². The van der Waals surface area contributed by atoms with Crippen LogP contribution in [-0.2, 0) is 23.9 Å². The Bertz CT molecular complexity index is 709. The first kappa shape index (κ1) is 20.6. The molecule has 0 saturated carbocycles. The maximum atomic E-state index is 12.4. The number of carbonyl (C=O) groups excluding carboxylic acids is 3. The molecule has 1 amide bonds. The van der Waals surface area contributed by atoms with E-state index in [4.69, 9.17) is 15.3 Å². The van der Waals surface area contributed by atoms with Gasteiger partial charge in [-0.3, -0.25) is 14.6 Å². The molecule has 0 aliphatic carbocycles. The minimum atomic E-state index is -0.988. The number of esters is 2. The molecule has 1 fully saturated rings. The van der Waals surface area contributed by atoms with Crippen LogP contribution in [0.2, 0.25) is 0 Å². The minimum absolute atomic E-state index is 0.0308. The molecule has 0 aromatic heterocycles. The molecule has 2 atom stereocenters. The second kappa shape index (κ2) is 8.81. The zero-order valence-corrected chi connectivity index (χ0v) is 15.9. The van der Waals surface area contributed by atoms with Crippen LogP contribution >= 0.6 is 0 Å². The summed E-state index contributed by atoms with van der Waals surface area (Å²) in [6.07, 6.45) is 2.94. The summed E-state index contributed by atoms with van der Waals surface area (Å²) in [5.41, 5.74) is 0.174. The summed E-state index contributed by atoms with van der Waals surface area (Å²) in [5.74, 6) is 3.12. The van der Waals surface area contributed by atoms with Crippen molar-refractivity contribution in [2.75, 3.05) is 6.54 Å². The Hall–Kier alpha value is -2.67. The molecule has 27 heavy (non-hydrogen) atoms. The molecule has 0 radical (unpaired) electrons. The van der Waals surface area contributed by atoms with Crippen LogP contribution in [0.5, 0.6) is 0 Å². The molecule has 1 aliphatic heterocycles. The number of hydrogen-bond donors (Lipinski definition) is 1. The van der Waals surface area contributed by atoms with Gasteiger partial charge >= 0.3 is 11.9 Å². The van der Waals surface area contributed by atoms with Gasteiger partial charge in [0.05, 0.1) is 6.54 Å². The fourth-order valence-electron chi connectivity index (χ4n) is 2.70. The van der Waals surface area contributed by atoms with Gasteiger partial charge in [0.15, 0.2) is 0 Å². The van der Waals surface area contributed by atoms with Crippen LogP contribution in [0.15, 0.2) is 36.4 Å². The maximum Gasteiger partial charge on any atom is 0.331 e. The quantitative estimate of drug-likeness (QED) is 0.285. The summed E-state index contributed by atoms with van der Waals surface area (Å²) in [6.45, 7) is 5.23. The first-order valence-electron chi connectivity index (χ1n) is 8.88. The Morgan fingerprint density at radius 2 is 1.85 bits per heavy atom. The Morgan fingerprint density at radius 3 is 2.48 bits per heavy atom. The van der Waals surface area contributed by atoms with Crippen molar-refractivity contribution >= 4 is 23.9 Å². The summed E-state index contributed by atoms with van der Waals surface area (Å²) in [6, 6.07) is 9.34. The molecule has 1 saturated heterocycles. The van der Waals surface area contributed by atoms with Crippen molar-refractivity contribution in [1.29, 1.82) is 0 Å². The summed E-state index contributed by atoms with van der Waals surface area (Å²) in [4.78, 5) is 36.7. The van der Waals surface area contributed by atoms with E-state index in [1.54, 1.807) is 26.8 Å². The topological polar surface area (TPSA) is 98.9 Å². The highest BCUT2D eigenvalue weighted by Crippen LogP contribution is 2.22. The average molecular weight is 374 g/mol. The van der Waals surface area contributed by atoms with Gasteiger partial charge in [0.25, 0.3) is 5.91 Å². The Labute approximate surface area is 159 Å². The minimum Gasteiger partial charge on any atom is -0.459 e. The predicted molar refractivity (Wildman–Crippen MR) is 99.8 cm³/mol. The van der Waals surface area contributed by atoms with Crippen molar-refractivity contribution in [3.05, 3.63) is 42.0 Å². The molecule has 1 aliphatic rings. The number of nitrogens with two attached hydrogens (primary N) is 1. The van der Waals surface area contributed by atoms with Crippen molar-refractivity contribution in [2.45, 2.75) is 45.3 Å². The standard InChI is InChI=1S/C20H26N2O5/c1-20(2,3)27-19(25)16-11-10-15(13-22(21)18(16)24)26-17(23)12-9-14-7-5-4-6-8-14/h4-9,12,15-16H,10-11,13,21H2,1-3H3/t15-,16+/m1/s1. The molecule has 0 spiro atoms. The van der Waals surface area contributed by atoms with Gasteiger partial charge in [0.1, 0.15) is 17.6 Å². The van der Waals surface area contributed by atoms with E-state index >= 15 is 0 Å². The lowest BCUT2D eigenvalue weighted by Crippen LogP contribution is -2.46. The van der Waals surface area contributed by atoms with E-state index in [1.165, 1.54) is 6.08 Å². The number of hydrazine groups is 1. The van der Waals surface area contributed by atoms with E-state index < -0.39 is 35.5 Å². The number of hydrogen-bond acceptors (Lipinski definition) is 6. The van der Waals surface area contributed by atoms with E-state index in [9.17, 15) is 14.4 Å². The van der Waals surface area contributed by atoms with E-state index in [-0.39, 0.29) is 13.0 Å². The molecular formula is C20H26N2O5. The Kier molecular flexibility index (Phi) is 6.74. The van der Waals surface area contributed by atoms with Gasteiger partial charge in [-0.15, -0.1) is 0 Å². The second-order valence-electron chi connectivity index (χ2n) is 7.46. The fraction of sp³-hybridized carbons (Fsp3) is 0.450. The maximum absolute atomic E-state index is 12.4. The molecule has 2 rings (SSSR count). The SMILES string of the molecule is CC(C)(C)OC(=O)[C@H]1CC[C@@H](OC(=O)C=Cc2ccccc2)CN(N)C1=O. The smallest absolute Gasteiger partial charge is 0.331 e. The van der Waals surface area contributed by atoms with Crippen LogP contribution in [0, 0.1) is 5.92 Å². The Balaban J connectivity index is 1.96. The van der Waals surface area contributed by atoms with Gasteiger partial charge in [0, 0.05) is 6.08 Å². The Morgan fingerprint density at radius 1 is 1.19 bits per heavy atom. The third-order valence-corrected chi connectivity index (χ3v) is 3.94. The van der Waals surface area contributed by atoms with Crippen LogP contribution in [0.3, 0.4) is 0 Å². The third kappa shape index (κ3) is 6.53. The lowest BCUT2D eigenvalue weighted by atomic mass is 10.0. The van der Waals surface area contributed by atoms with Crippen LogP contribution in [0.4, 0.5) is 0 Å². The number of ether oxygens (including phenoxy) is 2. The summed E-state index contributed by atoms with van der Waals surface area (Å²) >= 11 is 0. The number of nitrogens with zero attached hydrogens (tertiary/aromatic N) is 1. The van der Waals surface area contributed by atoms with Crippen molar-refractivity contribution in [3.63, 3.8) is 0 Å². The van der Waals surface area contributed by atoms with E-state index in [2.05, 4.69) is 0 Å². The van der Waals surface area contributed by atoms with Gasteiger partial charge in [0.2, 0.25) is 0 Å². The van der Waals surface area contributed by atoms with Gasteiger partial charge in [-0.2, -0.15) is 0 Å². The molecule has 1 aromatic rings. The first-order valence-corrected chi connectivity index (χ1v) is 8.88. The van der Waals surface area contributed by atoms with E-state index in [1.807, 2.05) is 30.3 Å². The summed E-state index contributed by atoms with van der Waals surface area (Å²) < 4.78 is 10.7. The highest BCUT2D eigenvalue weighted by atomic mass is 16.6. The summed E-state index contributed by atoms with van der Waals surface area (Å²) in [7, 11) is 0. The van der Waals surface area contributed by atoms with Crippen LogP contribution < -0.4 is 5.84 Å². The predicted octanol–water partition coefficient (Wildman–Crippen LogP) is 2.07. The largest absolute Gasteiger partial charge is 0.459 e. The number of benzene rings is 1. The molecule has 1 aromatic carbocycles. The lowest BCUT2D eigenvalue weighted by Gasteiger charge is -2.24. The zero-order chi connectivity index (χ0) is 20.0. The van der Waals surface area contributed by atoms with Crippen LogP contribution in [0.1, 0.15) is 39.2 Å². The van der Waals surface area contributed by atoms with Gasteiger partial charge in [-0.25, -0.2) is 10.6 Å². The number of carbonyl (C=O) groups is 3. The number of rotatable bonds is 4. The third-order valence-electron chi connectivity index (χ3n) is 3.94. The molecule has 7 nitrogen and oxygen atoms in total. The zero-order valence-electron chi connectivity index (χ0n) is 15.9. The normalized spacial score (nSPS) is 21.0. The molecule has 146 valence electrons. The molecule has 2 N–H and O–H groups in total. The van der Waals surface area contributed by atoms with Crippen molar-refractivity contribution in [3.8, 4) is 0 Å². The lowest BCUT2D eigenvalue weighted by molar-refractivity contribution is -0.164.